The van der Waals surface area contributed by atoms with Gasteiger partial charge in [-0.1, -0.05) is 6.07 Å². The van der Waals surface area contributed by atoms with Gasteiger partial charge in [0.15, 0.2) is 0 Å². The van der Waals surface area contributed by atoms with E-state index >= 15 is 0 Å². The zero-order valence-corrected chi connectivity index (χ0v) is 12.6. The minimum absolute atomic E-state index is 0.0402. The number of aromatic nitrogens is 1. The lowest BCUT2D eigenvalue weighted by Crippen LogP contribution is -2.51. The van der Waals surface area contributed by atoms with Gasteiger partial charge in [0.2, 0.25) is 0 Å². The lowest BCUT2D eigenvalue weighted by Gasteiger charge is -2.56. The van der Waals surface area contributed by atoms with Crippen LogP contribution in [-0.2, 0) is 11.2 Å². The van der Waals surface area contributed by atoms with Crippen molar-refractivity contribution in [2.45, 2.75) is 57.3 Å². The minimum Gasteiger partial charge on any atom is -0.298 e. The Labute approximate surface area is 126 Å². The maximum atomic E-state index is 13.4. The van der Waals surface area contributed by atoms with Crippen LogP contribution in [0.15, 0.2) is 18.3 Å². The lowest BCUT2D eigenvalue weighted by molar-refractivity contribution is -0.145. The highest BCUT2D eigenvalue weighted by Gasteiger charge is 2.56. The van der Waals surface area contributed by atoms with E-state index in [-0.39, 0.29) is 11.3 Å². The Balaban J connectivity index is 1.50. The molecule has 1 heterocycles. The quantitative estimate of drug-likeness (QED) is 0.823. The first-order valence-corrected chi connectivity index (χ1v) is 8.72. The van der Waals surface area contributed by atoms with Crippen LogP contribution in [0.5, 0.6) is 0 Å². The second-order valence-electron chi connectivity index (χ2n) is 8.20. The van der Waals surface area contributed by atoms with Crippen molar-refractivity contribution < 1.29 is 4.79 Å². The molecule has 110 valence electrons. The maximum Gasteiger partial charge on any atom is 0.148 e. The smallest absolute Gasteiger partial charge is 0.148 e. The van der Waals surface area contributed by atoms with E-state index in [1.165, 1.54) is 44.1 Å². The van der Waals surface area contributed by atoms with Crippen LogP contribution in [0, 0.1) is 23.2 Å². The number of nitrogens with zero attached hydrogens (tertiary/aromatic N) is 1. The molecule has 4 saturated carbocycles. The van der Waals surface area contributed by atoms with E-state index in [9.17, 15) is 4.79 Å². The Kier molecular flexibility index (Phi) is 2.46. The second-order valence-corrected chi connectivity index (χ2v) is 8.20. The van der Waals surface area contributed by atoms with Gasteiger partial charge in [0.25, 0.3) is 0 Å². The number of hydrogen-bond donors (Lipinski definition) is 0. The van der Waals surface area contributed by atoms with Crippen LogP contribution in [0.4, 0.5) is 0 Å². The summed E-state index contributed by atoms with van der Waals surface area (Å²) in [6.07, 6.45) is 11.7. The summed E-state index contributed by atoms with van der Waals surface area (Å²) in [6, 6.07) is 4.17. The van der Waals surface area contributed by atoms with E-state index < -0.39 is 0 Å². The monoisotopic (exact) mass is 281 g/mol. The van der Waals surface area contributed by atoms with E-state index in [1.54, 1.807) is 0 Å². The summed E-state index contributed by atoms with van der Waals surface area (Å²) in [5.41, 5.74) is 2.47. The normalized spacial score (nSPS) is 43.0. The zero-order chi connectivity index (χ0) is 14.0. The highest BCUT2D eigenvalue weighted by atomic mass is 16.1. The number of ketones is 1. The molecular formula is C19H23NO. The van der Waals surface area contributed by atoms with Gasteiger partial charge in [-0.05, 0) is 80.8 Å². The van der Waals surface area contributed by atoms with Crippen molar-refractivity contribution in [3.8, 4) is 0 Å². The number of hydrogen-bond acceptors (Lipinski definition) is 2. The third-order valence-electron chi connectivity index (χ3n) is 6.84. The van der Waals surface area contributed by atoms with Crippen LogP contribution >= 0.6 is 0 Å². The van der Waals surface area contributed by atoms with Gasteiger partial charge in [-0.3, -0.25) is 9.78 Å². The van der Waals surface area contributed by atoms with Crippen LogP contribution in [0.25, 0.3) is 0 Å². The number of carbonyl (C=O) groups excluding carboxylic acids is 1. The standard InChI is InChI=1S/C19H23NO/c21-18(16-4-3-15-2-1-5-20-17(15)16)19-9-12-6-13(10-19)8-14(7-12)11-19/h1-2,5,12-14,16H,3-4,6-11H2. The van der Waals surface area contributed by atoms with E-state index in [0.717, 1.165) is 36.3 Å². The average molecular weight is 281 g/mol. The van der Waals surface area contributed by atoms with Crippen molar-refractivity contribution in [3.63, 3.8) is 0 Å². The highest BCUT2D eigenvalue weighted by Crippen LogP contribution is 2.61. The topological polar surface area (TPSA) is 30.0 Å². The van der Waals surface area contributed by atoms with Gasteiger partial charge in [-0.15, -0.1) is 0 Å². The van der Waals surface area contributed by atoms with Crippen molar-refractivity contribution in [1.82, 2.24) is 4.98 Å². The van der Waals surface area contributed by atoms with Crippen LogP contribution < -0.4 is 0 Å². The van der Waals surface area contributed by atoms with Crippen LogP contribution in [-0.4, -0.2) is 10.8 Å². The number of carbonyl (C=O) groups is 1. The molecule has 1 aromatic rings. The fourth-order valence-electron chi connectivity index (χ4n) is 6.45. The number of rotatable bonds is 2. The molecule has 1 unspecified atom stereocenters. The molecule has 0 spiro atoms. The number of aryl methyl sites for hydroxylation is 1. The summed E-state index contributed by atoms with van der Waals surface area (Å²) >= 11 is 0. The average Bonchev–Trinajstić information content (AvgIpc) is 2.89. The van der Waals surface area contributed by atoms with Gasteiger partial charge < -0.3 is 0 Å². The molecule has 1 aromatic heterocycles. The van der Waals surface area contributed by atoms with Gasteiger partial charge in [-0.25, -0.2) is 0 Å². The zero-order valence-electron chi connectivity index (χ0n) is 12.6. The van der Waals surface area contributed by atoms with Crippen molar-refractivity contribution in [3.05, 3.63) is 29.6 Å². The van der Waals surface area contributed by atoms with Gasteiger partial charge in [0.1, 0.15) is 5.78 Å². The first-order valence-electron chi connectivity index (χ1n) is 8.72. The SMILES string of the molecule is O=C(C1CCc2cccnc21)C12CC3CC(CC(C3)C1)C2. The highest BCUT2D eigenvalue weighted by molar-refractivity contribution is 5.92. The van der Waals surface area contributed by atoms with E-state index in [0.29, 0.717) is 5.78 Å². The maximum absolute atomic E-state index is 13.4. The molecule has 0 amide bonds. The summed E-state index contributed by atoms with van der Waals surface area (Å²) in [4.78, 5) is 18.0. The number of fused-ring (bicyclic) bond motifs is 1. The molecule has 0 radical (unpaired) electrons. The fraction of sp³-hybridized carbons (Fsp3) is 0.684. The third kappa shape index (κ3) is 1.71. The van der Waals surface area contributed by atoms with Crippen molar-refractivity contribution in [2.75, 3.05) is 0 Å². The second kappa shape index (κ2) is 4.18. The molecule has 0 saturated heterocycles. The summed E-state index contributed by atoms with van der Waals surface area (Å²) in [5, 5.41) is 0. The molecule has 21 heavy (non-hydrogen) atoms. The molecule has 2 heteroatoms. The molecule has 0 aliphatic heterocycles. The molecule has 1 atom stereocenters. The molecule has 2 nitrogen and oxygen atoms in total. The Morgan fingerprint density at radius 2 is 1.76 bits per heavy atom. The predicted molar refractivity (Wildman–Crippen MR) is 80.9 cm³/mol. The third-order valence-corrected chi connectivity index (χ3v) is 6.84. The Bertz CT molecular complexity index is 570. The number of pyridine rings is 1. The molecule has 0 N–H and O–H groups in total. The van der Waals surface area contributed by atoms with Crippen LogP contribution in [0.3, 0.4) is 0 Å². The Morgan fingerprint density at radius 1 is 1.10 bits per heavy atom. The molecular weight excluding hydrogens is 258 g/mol. The first kappa shape index (κ1) is 12.4. The summed E-state index contributed by atoms with van der Waals surface area (Å²) in [6.45, 7) is 0. The van der Waals surface area contributed by atoms with E-state index in [4.69, 9.17) is 0 Å². The lowest BCUT2D eigenvalue weighted by atomic mass is 9.47. The van der Waals surface area contributed by atoms with E-state index in [2.05, 4.69) is 11.1 Å². The van der Waals surface area contributed by atoms with Gasteiger partial charge in [-0.2, -0.15) is 0 Å². The largest absolute Gasteiger partial charge is 0.298 e. The van der Waals surface area contributed by atoms with Crippen LogP contribution in [0.1, 0.15) is 62.1 Å². The Morgan fingerprint density at radius 3 is 2.43 bits per heavy atom. The summed E-state index contributed by atoms with van der Waals surface area (Å²) in [5.74, 6) is 3.23. The van der Waals surface area contributed by atoms with Gasteiger partial charge >= 0.3 is 0 Å². The molecule has 5 aliphatic rings. The van der Waals surface area contributed by atoms with Gasteiger partial charge in [0.05, 0.1) is 11.6 Å². The molecule has 4 fully saturated rings. The van der Waals surface area contributed by atoms with Crippen molar-refractivity contribution in [2.24, 2.45) is 23.2 Å². The predicted octanol–water partition coefficient (Wildman–Crippen LogP) is 3.90. The summed E-state index contributed by atoms with van der Waals surface area (Å²) in [7, 11) is 0. The molecule has 6 rings (SSSR count). The van der Waals surface area contributed by atoms with Crippen LogP contribution in [0.2, 0.25) is 0 Å². The number of Topliss-reactive ketones (excluding diaryl/α,β-unsaturated/α-hetero) is 1. The molecule has 0 aromatic carbocycles. The minimum atomic E-state index is 0.0402. The first-order chi connectivity index (χ1) is 10.2. The van der Waals surface area contributed by atoms with Crippen molar-refractivity contribution in [1.29, 1.82) is 0 Å². The van der Waals surface area contributed by atoms with Crippen molar-refractivity contribution >= 4 is 5.78 Å². The summed E-state index contributed by atoms with van der Waals surface area (Å²) < 4.78 is 0. The molecule has 5 aliphatic carbocycles. The Hall–Kier alpha value is -1.18. The molecule has 4 bridgehead atoms. The fourth-order valence-corrected chi connectivity index (χ4v) is 6.45. The van der Waals surface area contributed by atoms with Gasteiger partial charge in [0, 0.05) is 11.6 Å². The van der Waals surface area contributed by atoms with E-state index in [1.807, 2.05) is 12.3 Å².